The van der Waals surface area contributed by atoms with Crippen LogP contribution in [0.15, 0.2) is 47.6 Å². The molecule has 1 aromatic rings. The minimum Gasteiger partial charge on any atom is -0.505 e. The van der Waals surface area contributed by atoms with Gasteiger partial charge in [0.25, 0.3) is 0 Å². The average Bonchev–Trinajstić information content (AvgIpc) is 2.56. The molecule has 0 aliphatic carbocycles. The summed E-state index contributed by atoms with van der Waals surface area (Å²) in [5.41, 5.74) is 3.90. The third-order valence-corrected chi connectivity index (χ3v) is 4.23. The molecule has 0 bridgehead atoms. The number of rotatable bonds is 6. The van der Waals surface area contributed by atoms with E-state index in [0.29, 0.717) is 11.9 Å². The summed E-state index contributed by atoms with van der Waals surface area (Å²) in [5, 5.41) is 19.0. The fraction of sp³-hybridized carbons (Fsp3) is 0.368. The van der Waals surface area contributed by atoms with Crippen molar-refractivity contribution in [3.8, 4) is 5.75 Å². The molecule has 0 spiro atoms. The molecule has 3 nitrogen and oxygen atoms in total. The second-order valence-electron chi connectivity index (χ2n) is 6.17. The van der Waals surface area contributed by atoms with Gasteiger partial charge in [0.1, 0.15) is 0 Å². The maximum atomic E-state index is 13.4. The van der Waals surface area contributed by atoms with Crippen LogP contribution >= 0.6 is 0 Å². The molecule has 2 rings (SSSR count). The fourth-order valence-electron chi connectivity index (χ4n) is 2.81. The molecule has 0 saturated heterocycles. The van der Waals surface area contributed by atoms with Gasteiger partial charge in [-0.1, -0.05) is 42.9 Å². The van der Waals surface area contributed by atoms with E-state index in [1.807, 2.05) is 19.1 Å². The second-order valence-corrected chi connectivity index (χ2v) is 6.17. The van der Waals surface area contributed by atoms with E-state index in [1.165, 1.54) is 12.1 Å². The summed E-state index contributed by atoms with van der Waals surface area (Å²) in [4.78, 5) is 0. The quantitative estimate of drug-likeness (QED) is 0.756. The number of allylic oxidation sites excluding steroid dienone is 2. The molecule has 0 saturated carbocycles. The Morgan fingerprint density at radius 2 is 2.25 bits per heavy atom. The lowest BCUT2D eigenvalue weighted by Crippen LogP contribution is -2.31. The van der Waals surface area contributed by atoms with E-state index in [9.17, 15) is 14.5 Å². The zero-order valence-electron chi connectivity index (χ0n) is 14.3. The Balaban J connectivity index is 2.03. The van der Waals surface area contributed by atoms with Gasteiger partial charge < -0.3 is 14.8 Å². The summed E-state index contributed by atoms with van der Waals surface area (Å²) in [6.45, 7) is 8.10. The van der Waals surface area contributed by atoms with Crippen LogP contribution in [0.1, 0.15) is 38.7 Å². The molecular formula is C19H24BFO3. The Morgan fingerprint density at radius 3 is 2.92 bits per heavy atom. The van der Waals surface area contributed by atoms with Crippen molar-refractivity contribution >= 4 is 13.2 Å². The Labute approximate surface area is 143 Å². The standard InChI is InChI=1S/C19H24BFO3/c1-4-14(3)16-9-10-20(23)24-19(16)8-5-13(2)11-15-6-7-18(22)17(21)12-15/h6-7,9,11-12,19,22-23H,3-5,8,10H2,1-2H3/b13-11+. The van der Waals surface area contributed by atoms with Gasteiger partial charge in [0.15, 0.2) is 11.6 Å². The number of benzene rings is 1. The molecule has 24 heavy (non-hydrogen) atoms. The van der Waals surface area contributed by atoms with Gasteiger partial charge in [0.2, 0.25) is 0 Å². The summed E-state index contributed by atoms with van der Waals surface area (Å²) in [6, 6.07) is 4.33. The van der Waals surface area contributed by atoms with Crippen molar-refractivity contribution in [2.45, 2.75) is 45.5 Å². The van der Waals surface area contributed by atoms with Crippen LogP contribution in [0.4, 0.5) is 4.39 Å². The molecule has 128 valence electrons. The maximum Gasteiger partial charge on any atom is 0.458 e. The molecule has 0 amide bonds. The third kappa shape index (κ3) is 4.82. The number of phenols is 1. The molecule has 0 radical (unpaired) electrons. The van der Waals surface area contributed by atoms with E-state index in [-0.39, 0.29) is 11.9 Å². The largest absolute Gasteiger partial charge is 0.505 e. The molecule has 1 aliphatic rings. The van der Waals surface area contributed by atoms with E-state index in [4.69, 9.17) is 4.65 Å². The number of hydrogen-bond acceptors (Lipinski definition) is 3. The second kappa shape index (κ2) is 8.31. The average molecular weight is 330 g/mol. The van der Waals surface area contributed by atoms with Crippen LogP contribution in [0.5, 0.6) is 5.75 Å². The number of hydrogen-bond donors (Lipinski definition) is 2. The molecule has 0 aromatic heterocycles. The van der Waals surface area contributed by atoms with Crippen molar-refractivity contribution in [2.24, 2.45) is 0 Å². The first-order valence-corrected chi connectivity index (χ1v) is 8.28. The predicted molar refractivity (Wildman–Crippen MR) is 96.1 cm³/mol. The van der Waals surface area contributed by atoms with Gasteiger partial charge in [-0.05, 0) is 49.5 Å². The van der Waals surface area contributed by atoms with Crippen molar-refractivity contribution in [3.05, 3.63) is 59.0 Å². The van der Waals surface area contributed by atoms with Gasteiger partial charge in [-0.15, -0.1) is 0 Å². The monoisotopic (exact) mass is 330 g/mol. The molecule has 2 N–H and O–H groups in total. The van der Waals surface area contributed by atoms with Crippen molar-refractivity contribution < 1.29 is 19.2 Å². The maximum absolute atomic E-state index is 13.4. The Kier molecular flexibility index (Phi) is 6.40. The van der Waals surface area contributed by atoms with E-state index in [0.717, 1.165) is 36.0 Å². The van der Waals surface area contributed by atoms with E-state index in [2.05, 4.69) is 13.5 Å². The smallest absolute Gasteiger partial charge is 0.458 e. The zero-order valence-corrected chi connectivity index (χ0v) is 14.3. The molecule has 1 aromatic carbocycles. The normalized spacial score (nSPS) is 18.5. The van der Waals surface area contributed by atoms with Crippen LogP contribution in [0, 0.1) is 5.82 Å². The highest BCUT2D eigenvalue weighted by atomic mass is 19.1. The molecule has 1 aliphatic heterocycles. The minimum absolute atomic E-state index is 0.166. The highest BCUT2D eigenvalue weighted by Crippen LogP contribution is 2.29. The zero-order chi connectivity index (χ0) is 17.7. The van der Waals surface area contributed by atoms with Gasteiger partial charge in [0.05, 0.1) is 6.10 Å². The van der Waals surface area contributed by atoms with Crippen molar-refractivity contribution in [1.29, 1.82) is 0 Å². The summed E-state index contributed by atoms with van der Waals surface area (Å²) >= 11 is 0. The van der Waals surface area contributed by atoms with E-state index < -0.39 is 12.9 Å². The Hall–Kier alpha value is -1.85. The fourth-order valence-corrected chi connectivity index (χ4v) is 2.81. The molecule has 1 unspecified atom stereocenters. The number of aromatic hydroxyl groups is 1. The molecule has 5 heteroatoms. The van der Waals surface area contributed by atoms with Crippen LogP contribution in [0.25, 0.3) is 6.08 Å². The lowest BCUT2D eigenvalue weighted by molar-refractivity contribution is 0.183. The Bertz CT molecular complexity index is 667. The number of halogens is 1. The summed E-state index contributed by atoms with van der Waals surface area (Å²) in [7, 11) is -0.765. The van der Waals surface area contributed by atoms with Crippen molar-refractivity contribution in [3.63, 3.8) is 0 Å². The third-order valence-electron chi connectivity index (χ3n) is 4.23. The first kappa shape index (κ1) is 18.5. The van der Waals surface area contributed by atoms with Gasteiger partial charge in [-0.3, -0.25) is 0 Å². The van der Waals surface area contributed by atoms with Crippen LogP contribution in [0.2, 0.25) is 6.32 Å². The first-order valence-electron chi connectivity index (χ1n) is 8.28. The lowest BCUT2D eigenvalue weighted by Gasteiger charge is -2.28. The van der Waals surface area contributed by atoms with E-state index in [1.54, 1.807) is 6.07 Å². The summed E-state index contributed by atoms with van der Waals surface area (Å²) < 4.78 is 19.0. The van der Waals surface area contributed by atoms with Gasteiger partial charge in [-0.2, -0.15) is 0 Å². The van der Waals surface area contributed by atoms with Crippen LogP contribution < -0.4 is 0 Å². The molecular weight excluding hydrogens is 306 g/mol. The lowest BCUT2D eigenvalue weighted by atomic mass is 9.77. The topological polar surface area (TPSA) is 49.7 Å². The van der Waals surface area contributed by atoms with Crippen LogP contribution in [0.3, 0.4) is 0 Å². The summed E-state index contributed by atoms with van der Waals surface area (Å²) in [6.07, 6.45) is 6.56. The highest BCUT2D eigenvalue weighted by molar-refractivity contribution is 6.43. The Morgan fingerprint density at radius 1 is 1.50 bits per heavy atom. The van der Waals surface area contributed by atoms with Gasteiger partial charge >= 0.3 is 7.12 Å². The predicted octanol–water partition coefficient (Wildman–Crippen LogP) is 4.49. The first-order chi connectivity index (χ1) is 11.4. The molecule has 0 fully saturated rings. The highest BCUT2D eigenvalue weighted by Gasteiger charge is 2.27. The van der Waals surface area contributed by atoms with Crippen LogP contribution in [-0.2, 0) is 4.65 Å². The summed E-state index contributed by atoms with van der Waals surface area (Å²) in [5.74, 6) is -0.970. The minimum atomic E-state index is -0.765. The van der Waals surface area contributed by atoms with Crippen molar-refractivity contribution in [1.82, 2.24) is 0 Å². The molecule has 1 heterocycles. The van der Waals surface area contributed by atoms with Crippen LogP contribution in [-0.4, -0.2) is 23.4 Å². The SMILES string of the molecule is C=C(CC)C1=CCB(O)OC1CC/C(C)=C/c1ccc(O)c(F)c1. The number of phenolic OH excluding ortho intramolecular Hbond substituents is 1. The van der Waals surface area contributed by atoms with E-state index >= 15 is 0 Å². The van der Waals surface area contributed by atoms with Gasteiger partial charge in [0, 0.05) is 6.32 Å². The molecule has 1 atom stereocenters. The van der Waals surface area contributed by atoms with Gasteiger partial charge in [-0.25, -0.2) is 4.39 Å². The van der Waals surface area contributed by atoms with Crippen molar-refractivity contribution in [2.75, 3.05) is 0 Å².